The quantitative estimate of drug-likeness (QED) is 0.568. The molecule has 0 atom stereocenters. The fourth-order valence-corrected chi connectivity index (χ4v) is 2.91. The zero-order valence-corrected chi connectivity index (χ0v) is 13.4. The number of nitrogens with zero attached hydrogens (tertiary/aromatic N) is 2. The molecule has 0 bridgehead atoms. The Morgan fingerprint density at radius 2 is 1.32 bits per heavy atom. The highest BCUT2D eigenvalue weighted by Gasteiger charge is 2.18. The van der Waals surface area contributed by atoms with Crippen molar-refractivity contribution in [1.82, 2.24) is 9.97 Å². The SMILES string of the molecule is OB(O)c1nc(-c2cccc(-c3ccccc3)c2)c2ccccc2n1. The van der Waals surface area contributed by atoms with Crippen LogP contribution in [-0.2, 0) is 0 Å². The number of para-hydroxylation sites is 1. The Labute approximate surface area is 145 Å². The summed E-state index contributed by atoms with van der Waals surface area (Å²) in [4.78, 5) is 8.62. The topological polar surface area (TPSA) is 66.2 Å². The van der Waals surface area contributed by atoms with Gasteiger partial charge in [-0.15, -0.1) is 0 Å². The van der Waals surface area contributed by atoms with E-state index in [4.69, 9.17) is 0 Å². The van der Waals surface area contributed by atoms with Gasteiger partial charge < -0.3 is 10.0 Å². The fraction of sp³-hybridized carbons (Fsp3) is 0. The number of benzene rings is 3. The van der Waals surface area contributed by atoms with Gasteiger partial charge >= 0.3 is 7.12 Å². The molecule has 2 N–H and O–H groups in total. The number of fused-ring (bicyclic) bond motifs is 1. The van der Waals surface area contributed by atoms with Crippen LogP contribution in [0.1, 0.15) is 0 Å². The lowest BCUT2D eigenvalue weighted by atomic mass is 9.89. The predicted molar refractivity (Wildman–Crippen MR) is 100 cm³/mol. The van der Waals surface area contributed by atoms with Gasteiger partial charge in [0.15, 0.2) is 5.72 Å². The van der Waals surface area contributed by atoms with Crippen LogP contribution in [0.2, 0.25) is 0 Å². The minimum absolute atomic E-state index is 0.00110. The first kappa shape index (κ1) is 15.5. The van der Waals surface area contributed by atoms with Crippen molar-refractivity contribution in [3.8, 4) is 22.4 Å². The Kier molecular flexibility index (Phi) is 4.02. The molecule has 0 radical (unpaired) electrons. The highest BCUT2D eigenvalue weighted by Crippen LogP contribution is 2.28. The second-order valence-corrected chi connectivity index (χ2v) is 5.77. The van der Waals surface area contributed by atoms with E-state index in [0.29, 0.717) is 11.2 Å². The van der Waals surface area contributed by atoms with Crippen molar-refractivity contribution < 1.29 is 10.0 Å². The van der Waals surface area contributed by atoms with E-state index < -0.39 is 7.12 Å². The van der Waals surface area contributed by atoms with Crippen molar-refractivity contribution in [2.45, 2.75) is 0 Å². The van der Waals surface area contributed by atoms with Crippen LogP contribution in [0.3, 0.4) is 0 Å². The number of aromatic nitrogens is 2. The summed E-state index contributed by atoms with van der Waals surface area (Å²) in [5, 5.41) is 19.9. The summed E-state index contributed by atoms with van der Waals surface area (Å²) in [6, 6.07) is 25.7. The van der Waals surface area contributed by atoms with Crippen molar-refractivity contribution in [2.24, 2.45) is 0 Å². The van der Waals surface area contributed by atoms with Gasteiger partial charge in [0.2, 0.25) is 0 Å². The minimum Gasteiger partial charge on any atom is -0.421 e. The van der Waals surface area contributed by atoms with Gasteiger partial charge in [-0.05, 0) is 23.3 Å². The van der Waals surface area contributed by atoms with E-state index in [2.05, 4.69) is 28.2 Å². The third-order valence-corrected chi connectivity index (χ3v) is 4.09. The Bertz CT molecular complexity index is 1040. The lowest BCUT2D eigenvalue weighted by Gasteiger charge is -2.10. The van der Waals surface area contributed by atoms with Gasteiger partial charge in [-0.3, -0.25) is 0 Å². The molecule has 120 valence electrons. The second kappa shape index (κ2) is 6.47. The van der Waals surface area contributed by atoms with Crippen LogP contribution in [-0.4, -0.2) is 27.1 Å². The maximum absolute atomic E-state index is 9.52. The van der Waals surface area contributed by atoms with Crippen molar-refractivity contribution in [3.63, 3.8) is 0 Å². The van der Waals surface area contributed by atoms with Crippen LogP contribution in [0.25, 0.3) is 33.3 Å². The van der Waals surface area contributed by atoms with E-state index in [1.165, 1.54) is 0 Å². The molecule has 4 aromatic rings. The Balaban J connectivity index is 1.93. The second-order valence-electron chi connectivity index (χ2n) is 5.77. The molecule has 0 spiro atoms. The highest BCUT2D eigenvalue weighted by atomic mass is 16.4. The average molecular weight is 326 g/mol. The molecule has 0 saturated heterocycles. The molecule has 4 rings (SSSR count). The van der Waals surface area contributed by atoms with E-state index in [-0.39, 0.29) is 5.72 Å². The molecule has 1 heterocycles. The van der Waals surface area contributed by atoms with E-state index >= 15 is 0 Å². The lowest BCUT2D eigenvalue weighted by molar-refractivity contribution is 0.422. The van der Waals surface area contributed by atoms with Crippen molar-refractivity contribution in [1.29, 1.82) is 0 Å². The van der Waals surface area contributed by atoms with Gasteiger partial charge in [0.25, 0.3) is 0 Å². The summed E-state index contributed by atoms with van der Waals surface area (Å²) in [6.45, 7) is 0. The molecule has 0 amide bonds. The summed E-state index contributed by atoms with van der Waals surface area (Å²) in [5.41, 5.74) is 4.46. The molecular formula is C20H15BN2O2. The first-order valence-electron chi connectivity index (χ1n) is 8.01. The smallest absolute Gasteiger partial charge is 0.421 e. The third-order valence-electron chi connectivity index (χ3n) is 4.09. The molecule has 4 nitrogen and oxygen atoms in total. The van der Waals surface area contributed by atoms with Crippen molar-refractivity contribution >= 4 is 23.7 Å². The third kappa shape index (κ3) is 3.03. The number of hydrogen-bond acceptors (Lipinski definition) is 4. The van der Waals surface area contributed by atoms with Crippen molar-refractivity contribution in [2.75, 3.05) is 0 Å². The van der Waals surface area contributed by atoms with Gasteiger partial charge in [-0.1, -0.05) is 66.7 Å². The molecule has 5 heteroatoms. The van der Waals surface area contributed by atoms with Crippen molar-refractivity contribution in [3.05, 3.63) is 78.9 Å². The van der Waals surface area contributed by atoms with Gasteiger partial charge in [-0.2, -0.15) is 0 Å². The van der Waals surface area contributed by atoms with Crippen LogP contribution in [0.4, 0.5) is 0 Å². The molecule has 0 unspecified atom stereocenters. The van der Waals surface area contributed by atoms with Gasteiger partial charge in [-0.25, -0.2) is 9.97 Å². The molecule has 1 aromatic heterocycles. The van der Waals surface area contributed by atoms with Gasteiger partial charge in [0.1, 0.15) is 0 Å². The summed E-state index contributed by atoms with van der Waals surface area (Å²) in [7, 11) is -1.71. The van der Waals surface area contributed by atoms with Gasteiger partial charge in [0.05, 0.1) is 11.2 Å². The van der Waals surface area contributed by atoms with E-state index in [1.807, 2.05) is 60.7 Å². The summed E-state index contributed by atoms with van der Waals surface area (Å²) in [5.74, 6) is 0. The molecule has 0 aliphatic carbocycles. The van der Waals surface area contributed by atoms with E-state index in [1.54, 1.807) is 0 Å². The molecule has 0 fully saturated rings. The monoisotopic (exact) mass is 326 g/mol. The molecular weight excluding hydrogens is 311 g/mol. The normalized spacial score (nSPS) is 10.8. The first-order valence-corrected chi connectivity index (χ1v) is 8.01. The molecule has 0 aliphatic rings. The molecule has 3 aromatic carbocycles. The highest BCUT2D eigenvalue weighted by molar-refractivity contribution is 6.56. The van der Waals surface area contributed by atoms with Crippen LogP contribution in [0.5, 0.6) is 0 Å². The summed E-state index contributed by atoms with van der Waals surface area (Å²) < 4.78 is 0. The molecule has 25 heavy (non-hydrogen) atoms. The minimum atomic E-state index is -1.71. The zero-order chi connectivity index (χ0) is 17.2. The summed E-state index contributed by atoms with van der Waals surface area (Å²) >= 11 is 0. The average Bonchev–Trinajstić information content (AvgIpc) is 2.68. The maximum Gasteiger partial charge on any atom is 0.528 e. The van der Waals surface area contributed by atoms with E-state index in [0.717, 1.165) is 22.1 Å². The lowest BCUT2D eigenvalue weighted by Crippen LogP contribution is -2.35. The maximum atomic E-state index is 9.52. The van der Waals surface area contributed by atoms with E-state index in [9.17, 15) is 10.0 Å². The van der Waals surface area contributed by atoms with Crippen LogP contribution in [0.15, 0.2) is 78.9 Å². The van der Waals surface area contributed by atoms with Crippen LogP contribution < -0.4 is 5.72 Å². The largest absolute Gasteiger partial charge is 0.528 e. The van der Waals surface area contributed by atoms with Gasteiger partial charge in [0, 0.05) is 10.9 Å². The first-order chi connectivity index (χ1) is 12.2. The standard InChI is InChI=1S/C20H15BN2O2/c24-21(25)20-22-18-12-5-4-11-17(18)19(23-20)16-10-6-9-15(13-16)14-7-2-1-3-8-14/h1-13,24-25H. The Morgan fingerprint density at radius 1 is 0.640 bits per heavy atom. The Morgan fingerprint density at radius 3 is 2.12 bits per heavy atom. The number of rotatable bonds is 3. The Hall–Kier alpha value is -3.02. The number of hydrogen-bond donors (Lipinski definition) is 2. The van der Waals surface area contributed by atoms with Crippen LogP contribution in [0, 0.1) is 0 Å². The fourth-order valence-electron chi connectivity index (χ4n) is 2.91. The summed E-state index contributed by atoms with van der Waals surface area (Å²) in [6.07, 6.45) is 0. The molecule has 0 aliphatic heterocycles. The predicted octanol–water partition coefficient (Wildman–Crippen LogP) is 2.64. The zero-order valence-electron chi connectivity index (χ0n) is 13.4. The molecule has 0 saturated carbocycles. The van der Waals surface area contributed by atoms with Crippen LogP contribution >= 0.6 is 0 Å².